The third kappa shape index (κ3) is 6.34. The Morgan fingerprint density at radius 1 is 0.971 bits per heavy atom. The molecule has 2 aromatic carbocycles. The summed E-state index contributed by atoms with van der Waals surface area (Å²) in [6.45, 7) is 1.81. The van der Waals surface area contributed by atoms with Crippen LogP contribution >= 0.6 is 0 Å². The first-order valence-electron chi connectivity index (χ1n) is 10.4. The van der Waals surface area contributed by atoms with Crippen molar-refractivity contribution in [3.8, 4) is 5.75 Å². The molecule has 6 nitrogen and oxygen atoms in total. The predicted octanol–water partition coefficient (Wildman–Crippen LogP) is 4.30. The van der Waals surface area contributed by atoms with Crippen LogP contribution in [0, 0.1) is 5.82 Å². The molecule has 13 heteroatoms. The first-order chi connectivity index (χ1) is 16.3. The van der Waals surface area contributed by atoms with Crippen LogP contribution in [0.25, 0.3) is 0 Å². The smallest absolute Gasteiger partial charge is 0.416 e. The summed E-state index contributed by atoms with van der Waals surface area (Å²) < 4.78 is 98.9. The number of benzene rings is 2. The second kappa shape index (κ2) is 10.3. The van der Waals surface area contributed by atoms with Crippen LogP contribution in [0.5, 0.6) is 5.75 Å². The standard InChI is InChI=1S/C22H23F7N4O2/c1-32-6-8-33(9-7-32)19(18-16(23)4-3-5-17(18)35-2)20(34)31-30-15-11-13(21(24,25)26)10-14(12-15)22(27,28)29/h3-5,10-12,19,30H,6-9H2,1-2H3,(H,31,34). The van der Waals surface area contributed by atoms with E-state index >= 15 is 0 Å². The normalized spacial score (nSPS) is 16.6. The molecule has 0 aromatic heterocycles. The average Bonchev–Trinajstić information content (AvgIpc) is 2.78. The Balaban J connectivity index is 1.93. The highest BCUT2D eigenvalue weighted by molar-refractivity contribution is 5.85. The Kier molecular flexibility index (Phi) is 7.80. The number of amides is 1. The van der Waals surface area contributed by atoms with E-state index in [1.807, 2.05) is 11.9 Å². The Bertz CT molecular complexity index is 1020. The summed E-state index contributed by atoms with van der Waals surface area (Å²) in [4.78, 5) is 16.8. The van der Waals surface area contributed by atoms with Gasteiger partial charge in [0.05, 0.1) is 29.5 Å². The van der Waals surface area contributed by atoms with E-state index in [1.54, 1.807) is 4.90 Å². The minimum absolute atomic E-state index is 0.0236. The number of hydrogen-bond donors (Lipinski definition) is 2. The highest BCUT2D eigenvalue weighted by atomic mass is 19.4. The van der Waals surface area contributed by atoms with Crippen LogP contribution in [0.3, 0.4) is 0 Å². The fraction of sp³-hybridized carbons (Fsp3) is 0.409. The Labute approximate surface area is 196 Å². The van der Waals surface area contributed by atoms with E-state index in [2.05, 4.69) is 10.9 Å². The Morgan fingerprint density at radius 3 is 2.06 bits per heavy atom. The van der Waals surface area contributed by atoms with Crippen molar-refractivity contribution >= 4 is 11.6 Å². The third-order valence-corrected chi connectivity index (χ3v) is 5.58. The van der Waals surface area contributed by atoms with Gasteiger partial charge in [0.25, 0.3) is 5.91 Å². The first kappa shape index (κ1) is 26.5. The zero-order valence-electron chi connectivity index (χ0n) is 18.7. The zero-order valence-corrected chi connectivity index (χ0v) is 18.7. The highest BCUT2D eigenvalue weighted by Gasteiger charge is 2.38. The van der Waals surface area contributed by atoms with E-state index in [9.17, 15) is 35.5 Å². The SMILES string of the molecule is COc1cccc(F)c1C(C(=O)NNc1cc(C(F)(F)F)cc(C(F)(F)F)c1)N1CCN(C)CC1. The lowest BCUT2D eigenvalue weighted by molar-refractivity contribution is -0.143. The molecule has 1 amide bonds. The van der Waals surface area contributed by atoms with Gasteiger partial charge < -0.3 is 9.64 Å². The number of anilines is 1. The van der Waals surface area contributed by atoms with E-state index in [-0.39, 0.29) is 17.4 Å². The van der Waals surface area contributed by atoms with Gasteiger partial charge in [-0.05, 0) is 37.4 Å². The lowest BCUT2D eigenvalue weighted by Crippen LogP contribution is -2.50. The first-order valence-corrected chi connectivity index (χ1v) is 10.4. The minimum atomic E-state index is -5.05. The lowest BCUT2D eigenvalue weighted by Gasteiger charge is -2.37. The van der Waals surface area contributed by atoms with Crippen LogP contribution in [0.2, 0.25) is 0 Å². The van der Waals surface area contributed by atoms with Gasteiger partial charge in [-0.1, -0.05) is 6.07 Å². The van der Waals surface area contributed by atoms with Crippen molar-refractivity contribution in [2.75, 3.05) is 45.8 Å². The molecule has 1 atom stereocenters. The number of alkyl halides is 6. The van der Waals surface area contributed by atoms with Gasteiger partial charge in [-0.25, -0.2) is 4.39 Å². The van der Waals surface area contributed by atoms with Gasteiger partial charge >= 0.3 is 12.4 Å². The Hall–Kier alpha value is -3.06. The largest absolute Gasteiger partial charge is 0.496 e. The molecule has 2 N–H and O–H groups in total. The van der Waals surface area contributed by atoms with E-state index < -0.39 is 46.9 Å². The number of methoxy groups -OCH3 is 1. The number of rotatable bonds is 6. The topological polar surface area (TPSA) is 56.8 Å². The van der Waals surface area contributed by atoms with Crippen molar-refractivity contribution in [1.29, 1.82) is 0 Å². The molecule has 1 aliphatic heterocycles. The van der Waals surface area contributed by atoms with Gasteiger partial charge in [0.1, 0.15) is 17.6 Å². The molecular weight excluding hydrogens is 485 g/mol. The number of hydrogen-bond acceptors (Lipinski definition) is 5. The number of nitrogens with zero attached hydrogens (tertiary/aromatic N) is 2. The van der Waals surface area contributed by atoms with Gasteiger partial charge in [0.2, 0.25) is 0 Å². The number of likely N-dealkylation sites (N-methyl/N-ethyl adjacent to an activating group) is 1. The van der Waals surface area contributed by atoms with Crippen molar-refractivity contribution in [1.82, 2.24) is 15.2 Å². The number of hydrazine groups is 1. The predicted molar refractivity (Wildman–Crippen MR) is 113 cm³/mol. The zero-order chi connectivity index (χ0) is 26.0. The van der Waals surface area contributed by atoms with Crippen LogP contribution in [0.4, 0.5) is 36.4 Å². The van der Waals surface area contributed by atoms with E-state index in [0.717, 1.165) is 6.07 Å². The fourth-order valence-corrected chi connectivity index (χ4v) is 3.75. The summed E-state index contributed by atoms with van der Waals surface area (Å²) in [6.07, 6.45) is -10.1. The van der Waals surface area contributed by atoms with Crippen molar-refractivity contribution in [2.24, 2.45) is 0 Å². The van der Waals surface area contributed by atoms with Crippen molar-refractivity contribution in [2.45, 2.75) is 18.4 Å². The molecule has 192 valence electrons. The lowest BCUT2D eigenvalue weighted by atomic mass is 10.0. The maximum Gasteiger partial charge on any atom is 0.416 e. The fourth-order valence-electron chi connectivity index (χ4n) is 3.75. The summed E-state index contributed by atoms with van der Waals surface area (Å²) in [5.41, 5.74) is 0.435. The molecule has 1 aliphatic rings. The summed E-state index contributed by atoms with van der Waals surface area (Å²) >= 11 is 0. The highest BCUT2D eigenvalue weighted by Crippen LogP contribution is 2.38. The van der Waals surface area contributed by atoms with Crippen LogP contribution in [-0.2, 0) is 17.1 Å². The molecule has 0 spiro atoms. The van der Waals surface area contributed by atoms with Crippen LogP contribution in [-0.4, -0.2) is 56.0 Å². The third-order valence-electron chi connectivity index (χ3n) is 5.58. The molecule has 35 heavy (non-hydrogen) atoms. The van der Waals surface area contributed by atoms with Crippen molar-refractivity contribution < 1.29 is 40.3 Å². The van der Waals surface area contributed by atoms with Gasteiger partial charge in [-0.15, -0.1) is 0 Å². The summed E-state index contributed by atoms with van der Waals surface area (Å²) in [5.74, 6) is -1.56. The summed E-state index contributed by atoms with van der Waals surface area (Å²) in [5, 5.41) is 0. The molecule has 0 radical (unpaired) electrons. The van der Waals surface area contributed by atoms with Gasteiger partial charge in [0.15, 0.2) is 0 Å². The molecule has 1 heterocycles. The number of nitrogens with one attached hydrogen (secondary N) is 2. The van der Waals surface area contributed by atoms with E-state index in [1.165, 1.54) is 19.2 Å². The monoisotopic (exact) mass is 508 g/mol. The maximum absolute atomic E-state index is 14.8. The van der Waals surface area contributed by atoms with Crippen LogP contribution in [0.1, 0.15) is 22.7 Å². The molecule has 0 saturated carbocycles. The van der Waals surface area contributed by atoms with Crippen LogP contribution < -0.4 is 15.6 Å². The number of piperazine rings is 1. The van der Waals surface area contributed by atoms with E-state index in [0.29, 0.717) is 38.3 Å². The second-order valence-corrected chi connectivity index (χ2v) is 8.01. The molecule has 1 unspecified atom stereocenters. The summed E-state index contributed by atoms with van der Waals surface area (Å²) in [7, 11) is 3.15. The molecule has 3 rings (SSSR count). The number of ether oxygens (including phenoxy) is 1. The van der Waals surface area contributed by atoms with Crippen LogP contribution in [0.15, 0.2) is 36.4 Å². The molecule has 2 aromatic rings. The quantitative estimate of drug-likeness (QED) is 0.450. The van der Waals surface area contributed by atoms with Crippen molar-refractivity contribution in [3.05, 3.63) is 58.9 Å². The maximum atomic E-state index is 14.8. The Morgan fingerprint density at radius 2 is 1.54 bits per heavy atom. The number of carbonyl (C=O) groups excluding carboxylic acids is 1. The van der Waals surface area contributed by atoms with E-state index in [4.69, 9.17) is 4.74 Å². The number of halogens is 7. The molecule has 0 aliphatic carbocycles. The average molecular weight is 508 g/mol. The summed E-state index contributed by atoms with van der Waals surface area (Å²) in [6, 6.07) is 3.55. The van der Waals surface area contributed by atoms with Crippen molar-refractivity contribution in [3.63, 3.8) is 0 Å². The minimum Gasteiger partial charge on any atom is -0.496 e. The molecule has 0 bridgehead atoms. The number of carbonyl (C=O) groups is 1. The molecular formula is C22H23F7N4O2. The molecule has 1 fully saturated rings. The van der Waals surface area contributed by atoms with Gasteiger partial charge in [-0.3, -0.25) is 20.5 Å². The van der Waals surface area contributed by atoms with Gasteiger partial charge in [-0.2, -0.15) is 26.3 Å². The molecule has 1 saturated heterocycles. The second-order valence-electron chi connectivity index (χ2n) is 8.01. The van der Waals surface area contributed by atoms with Gasteiger partial charge in [0, 0.05) is 26.2 Å².